The lowest BCUT2D eigenvalue weighted by Crippen LogP contribution is -2.37. The van der Waals surface area contributed by atoms with Gasteiger partial charge in [0.1, 0.15) is 0 Å². The average molecular weight is 184 g/mol. The molecular weight excluding hydrogens is 168 g/mol. The quantitative estimate of drug-likeness (QED) is 0.657. The Balaban J connectivity index is 1.86. The maximum absolute atomic E-state index is 11.3. The summed E-state index contributed by atoms with van der Waals surface area (Å²) < 4.78 is 0. The highest BCUT2D eigenvalue weighted by molar-refractivity contribution is 5.76. The minimum atomic E-state index is -0.00838. The van der Waals surface area contributed by atoms with Crippen molar-refractivity contribution >= 4 is 6.03 Å². The number of carbonyl (C=O) groups excluding carboxylic acids is 1. The van der Waals surface area contributed by atoms with E-state index < -0.39 is 0 Å². The molecule has 1 unspecified atom stereocenters. The number of hydrogen-bond donors (Lipinski definition) is 2. The van der Waals surface area contributed by atoms with Crippen LogP contribution < -0.4 is 5.32 Å². The topological polar surface area (TPSA) is 52.6 Å². The summed E-state index contributed by atoms with van der Waals surface area (Å²) in [6.07, 6.45) is 3.80. The van der Waals surface area contributed by atoms with Gasteiger partial charge in [0, 0.05) is 13.1 Å². The molecule has 2 aliphatic rings. The maximum atomic E-state index is 11.3. The Morgan fingerprint density at radius 1 is 1.54 bits per heavy atom. The maximum Gasteiger partial charge on any atom is 0.317 e. The van der Waals surface area contributed by atoms with Crippen molar-refractivity contribution in [1.29, 1.82) is 0 Å². The van der Waals surface area contributed by atoms with Crippen LogP contribution in [0.4, 0.5) is 4.79 Å². The minimum absolute atomic E-state index is 0.00838. The van der Waals surface area contributed by atoms with Crippen LogP contribution in [0.1, 0.15) is 19.3 Å². The molecular formula is C9H16N2O2. The van der Waals surface area contributed by atoms with Gasteiger partial charge >= 0.3 is 6.03 Å². The van der Waals surface area contributed by atoms with E-state index >= 15 is 0 Å². The lowest BCUT2D eigenvalue weighted by Gasteiger charge is -2.30. The third-order valence-electron chi connectivity index (χ3n) is 3.10. The van der Waals surface area contributed by atoms with Crippen LogP contribution in [-0.4, -0.2) is 41.8 Å². The number of aliphatic hydroxyl groups excluding tert-OH is 1. The Labute approximate surface area is 77.9 Å². The first-order chi connectivity index (χ1) is 6.31. The van der Waals surface area contributed by atoms with Crippen molar-refractivity contribution in [2.75, 3.05) is 19.7 Å². The lowest BCUT2D eigenvalue weighted by atomic mass is 9.80. The van der Waals surface area contributed by atoms with Gasteiger partial charge in [0.25, 0.3) is 0 Å². The lowest BCUT2D eigenvalue weighted by molar-refractivity contribution is 0.194. The predicted octanol–water partition coefficient (Wildman–Crippen LogP) is 0.173. The van der Waals surface area contributed by atoms with E-state index in [-0.39, 0.29) is 12.6 Å². The van der Waals surface area contributed by atoms with Crippen LogP contribution in [0.15, 0.2) is 0 Å². The van der Waals surface area contributed by atoms with Crippen LogP contribution in [0.3, 0.4) is 0 Å². The van der Waals surface area contributed by atoms with Crippen LogP contribution in [0, 0.1) is 5.92 Å². The summed E-state index contributed by atoms with van der Waals surface area (Å²) in [6.45, 7) is 1.31. The zero-order valence-electron chi connectivity index (χ0n) is 7.70. The summed E-state index contributed by atoms with van der Waals surface area (Å²) in [5.74, 6) is 0.688. The molecule has 0 radical (unpaired) electrons. The van der Waals surface area contributed by atoms with Gasteiger partial charge < -0.3 is 15.3 Å². The first-order valence-electron chi connectivity index (χ1n) is 4.97. The molecule has 2 amide bonds. The zero-order valence-corrected chi connectivity index (χ0v) is 7.70. The second kappa shape index (κ2) is 3.54. The summed E-state index contributed by atoms with van der Waals surface area (Å²) in [5.41, 5.74) is 0. The fourth-order valence-electron chi connectivity index (χ4n) is 2.04. The van der Waals surface area contributed by atoms with Crippen LogP contribution in [-0.2, 0) is 0 Å². The number of amides is 2. The van der Waals surface area contributed by atoms with Gasteiger partial charge in [-0.3, -0.25) is 0 Å². The molecule has 0 bridgehead atoms. The third-order valence-corrected chi connectivity index (χ3v) is 3.10. The SMILES string of the molecule is O=C1NC(C2CCC2)CN1CCO. The minimum Gasteiger partial charge on any atom is -0.395 e. The number of carbonyl (C=O) groups is 1. The number of aliphatic hydroxyl groups is 1. The first kappa shape index (κ1) is 8.81. The second-order valence-corrected chi connectivity index (χ2v) is 3.92. The molecule has 74 valence electrons. The largest absolute Gasteiger partial charge is 0.395 e. The Morgan fingerprint density at radius 3 is 2.85 bits per heavy atom. The van der Waals surface area contributed by atoms with Crippen molar-refractivity contribution < 1.29 is 9.90 Å². The van der Waals surface area contributed by atoms with Gasteiger partial charge in [-0.15, -0.1) is 0 Å². The van der Waals surface area contributed by atoms with Crippen LogP contribution in [0.2, 0.25) is 0 Å². The van der Waals surface area contributed by atoms with Crippen molar-refractivity contribution in [3.63, 3.8) is 0 Å². The smallest absolute Gasteiger partial charge is 0.317 e. The first-order valence-corrected chi connectivity index (χ1v) is 4.97. The molecule has 1 atom stereocenters. The molecule has 2 rings (SSSR count). The fraction of sp³-hybridized carbons (Fsp3) is 0.889. The van der Waals surface area contributed by atoms with Crippen molar-refractivity contribution in [2.24, 2.45) is 5.92 Å². The highest BCUT2D eigenvalue weighted by Crippen LogP contribution is 2.31. The Hall–Kier alpha value is -0.770. The van der Waals surface area contributed by atoms with Crippen molar-refractivity contribution in [1.82, 2.24) is 10.2 Å². The van der Waals surface area contributed by atoms with E-state index in [1.165, 1.54) is 19.3 Å². The van der Waals surface area contributed by atoms with Crippen LogP contribution in [0.25, 0.3) is 0 Å². The monoisotopic (exact) mass is 184 g/mol. The van der Waals surface area contributed by atoms with Crippen molar-refractivity contribution in [3.05, 3.63) is 0 Å². The molecule has 1 heterocycles. The normalized spacial score (nSPS) is 28.8. The molecule has 4 nitrogen and oxygen atoms in total. The summed E-state index contributed by atoms with van der Waals surface area (Å²) in [5, 5.41) is 11.7. The number of nitrogens with zero attached hydrogens (tertiary/aromatic N) is 1. The molecule has 1 aliphatic carbocycles. The summed E-state index contributed by atoms with van der Waals surface area (Å²) in [7, 11) is 0. The van der Waals surface area contributed by atoms with Gasteiger partial charge in [0.05, 0.1) is 12.6 Å². The highest BCUT2D eigenvalue weighted by atomic mass is 16.3. The van der Waals surface area contributed by atoms with Gasteiger partial charge in [-0.05, 0) is 18.8 Å². The molecule has 13 heavy (non-hydrogen) atoms. The third kappa shape index (κ3) is 1.63. The average Bonchev–Trinajstić information content (AvgIpc) is 2.30. The molecule has 1 saturated carbocycles. The Kier molecular flexibility index (Phi) is 2.40. The number of β-amino-alcohol motifs (C(OH)–C–C–N with tert-alkyl or cyclic N) is 1. The van der Waals surface area contributed by atoms with E-state index in [1.54, 1.807) is 4.90 Å². The number of nitrogens with one attached hydrogen (secondary N) is 1. The van der Waals surface area contributed by atoms with Gasteiger partial charge in [0.15, 0.2) is 0 Å². The van der Waals surface area contributed by atoms with Gasteiger partial charge in [0.2, 0.25) is 0 Å². The van der Waals surface area contributed by atoms with Gasteiger partial charge in [-0.1, -0.05) is 6.42 Å². The Morgan fingerprint density at radius 2 is 2.31 bits per heavy atom. The predicted molar refractivity (Wildman–Crippen MR) is 48.3 cm³/mol. The van der Waals surface area contributed by atoms with E-state index in [1.807, 2.05) is 0 Å². The highest BCUT2D eigenvalue weighted by Gasteiger charge is 2.36. The molecule has 1 aliphatic heterocycles. The summed E-state index contributed by atoms with van der Waals surface area (Å²) in [4.78, 5) is 13.0. The second-order valence-electron chi connectivity index (χ2n) is 3.92. The number of rotatable bonds is 3. The van der Waals surface area contributed by atoms with Crippen LogP contribution >= 0.6 is 0 Å². The number of urea groups is 1. The van der Waals surface area contributed by atoms with Crippen molar-refractivity contribution in [3.8, 4) is 0 Å². The molecule has 0 aromatic heterocycles. The molecule has 0 spiro atoms. The zero-order chi connectivity index (χ0) is 9.26. The molecule has 0 aromatic carbocycles. The van der Waals surface area contributed by atoms with Crippen LogP contribution in [0.5, 0.6) is 0 Å². The van der Waals surface area contributed by atoms with E-state index in [9.17, 15) is 4.79 Å². The van der Waals surface area contributed by atoms with Gasteiger partial charge in [-0.2, -0.15) is 0 Å². The standard InChI is InChI=1S/C9H16N2O2/c12-5-4-11-6-8(10-9(11)13)7-2-1-3-7/h7-8,12H,1-6H2,(H,10,13). The number of hydrogen-bond acceptors (Lipinski definition) is 2. The summed E-state index contributed by atoms with van der Waals surface area (Å²) >= 11 is 0. The summed E-state index contributed by atoms with van der Waals surface area (Å²) in [6, 6.07) is 0.332. The fourth-order valence-corrected chi connectivity index (χ4v) is 2.04. The molecule has 2 N–H and O–H groups in total. The Bertz CT molecular complexity index is 204. The molecule has 4 heteroatoms. The molecule has 1 saturated heterocycles. The van der Waals surface area contributed by atoms with Gasteiger partial charge in [-0.25, -0.2) is 4.79 Å². The van der Waals surface area contributed by atoms with E-state index in [0.29, 0.717) is 18.5 Å². The van der Waals surface area contributed by atoms with E-state index in [0.717, 1.165) is 6.54 Å². The van der Waals surface area contributed by atoms with E-state index in [2.05, 4.69) is 5.32 Å². The van der Waals surface area contributed by atoms with Crippen molar-refractivity contribution in [2.45, 2.75) is 25.3 Å². The van der Waals surface area contributed by atoms with E-state index in [4.69, 9.17) is 5.11 Å². The molecule has 0 aromatic rings. The molecule has 2 fully saturated rings.